The SMILES string of the molecule is CC(Cc1ccccc1)C(CN)CN. The maximum Gasteiger partial charge on any atom is -0.00341 e. The Bertz CT molecular complexity index is 242. The van der Waals surface area contributed by atoms with Crippen molar-refractivity contribution >= 4 is 0 Å². The van der Waals surface area contributed by atoms with Crippen LogP contribution in [0, 0.1) is 11.8 Å². The zero-order chi connectivity index (χ0) is 10.4. The van der Waals surface area contributed by atoms with Gasteiger partial charge in [-0.05, 0) is 36.9 Å². The minimum Gasteiger partial charge on any atom is -0.330 e. The van der Waals surface area contributed by atoms with Gasteiger partial charge < -0.3 is 11.5 Å². The Hall–Kier alpha value is -0.860. The monoisotopic (exact) mass is 192 g/mol. The third-order valence-corrected chi connectivity index (χ3v) is 2.81. The second-order valence-electron chi connectivity index (χ2n) is 3.90. The number of benzene rings is 1. The first-order valence-corrected chi connectivity index (χ1v) is 5.22. The molecule has 0 saturated heterocycles. The molecule has 0 aromatic heterocycles. The fraction of sp³-hybridized carbons (Fsp3) is 0.500. The number of hydrogen-bond acceptors (Lipinski definition) is 2. The van der Waals surface area contributed by atoms with Crippen LogP contribution in [-0.4, -0.2) is 13.1 Å². The second-order valence-corrected chi connectivity index (χ2v) is 3.90. The molecule has 1 rings (SSSR count). The van der Waals surface area contributed by atoms with Gasteiger partial charge in [-0.25, -0.2) is 0 Å². The lowest BCUT2D eigenvalue weighted by Gasteiger charge is -2.20. The van der Waals surface area contributed by atoms with Crippen LogP contribution in [0.3, 0.4) is 0 Å². The van der Waals surface area contributed by atoms with E-state index in [-0.39, 0.29) is 0 Å². The molecule has 1 atom stereocenters. The van der Waals surface area contributed by atoms with Crippen molar-refractivity contribution in [2.24, 2.45) is 23.3 Å². The highest BCUT2D eigenvalue weighted by atomic mass is 14.6. The van der Waals surface area contributed by atoms with Gasteiger partial charge in [-0.3, -0.25) is 0 Å². The normalized spacial score (nSPS) is 13.1. The van der Waals surface area contributed by atoms with Crippen LogP contribution < -0.4 is 11.5 Å². The lowest BCUT2D eigenvalue weighted by atomic mass is 9.88. The highest BCUT2D eigenvalue weighted by molar-refractivity contribution is 5.15. The molecule has 0 aliphatic rings. The Morgan fingerprint density at radius 1 is 1.07 bits per heavy atom. The van der Waals surface area contributed by atoms with Gasteiger partial charge in [-0.1, -0.05) is 37.3 Å². The summed E-state index contributed by atoms with van der Waals surface area (Å²) in [6, 6.07) is 10.5. The number of rotatable bonds is 5. The molecule has 0 spiro atoms. The third kappa shape index (κ3) is 3.13. The molecule has 2 heteroatoms. The van der Waals surface area contributed by atoms with Crippen molar-refractivity contribution in [3.05, 3.63) is 35.9 Å². The summed E-state index contributed by atoms with van der Waals surface area (Å²) in [5.74, 6) is 1.00. The molecular formula is C12H20N2. The van der Waals surface area contributed by atoms with E-state index in [1.54, 1.807) is 0 Å². The largest absolute Gasteiger partial charge is 0.330 e. The Morgan fingerprint density at radius 3 is 2.14 bits per heavy atom. The first-order valence-electron chi connectivity index (χ1n) is 5.22. The van der Waals surface area contributed by atoms with E-state index in [2.05, 4.69) is 31.2 Å². The molecule has 0 bridgehead atoms. The summed E-state index contributed by atoms with van der Waals surface area (Å²) in [5, 5.41) is 0. The maximum absolute atomic E-state index is 5.66. The molecule has 0 saturated carbocycles. The molecule has 0 aliphatic heterocycles. The average molecular weight is 192 g/mol. The molecule has 14 heavy (non-hydrogen) atoms. The fourth-order valence-electron chi connectivity index (χ4n) is 1.71. The van der Waals surface area contributed by atoms with E-state index in [9.17, 15) is 0 Å². The zero-order valence-corrected chi connectivity index (χ0v) is 8.82. The van der Waals surface area contributed by atoms with Crippen molar-refractivity contribution in [1.82, 2.24) is 0 Å². The second kappa shape index (κ2) is 5.78. The molecule has 1 unspecified atom stereocenters. The quantitative estimate of drug-likeness (QED) is 0.741. The van der Waals surface area contributed by atoms with E-state index in [1.807, 2.05) is 6.07 Å². The van der Waals surface area contributed by atoms with Gasteiger partial charge in [0, 0.05) is 0 Å². The van der Waals surface area contributed by atoms with Crippen molar-refractivity contribution in [2.75, 3.05) is 13.1 Å². The predicted octanol–water partition coefficient (Wildman–Crippen LogP) is 1.40. The molecule has 0 heterocycles. The highest BCUT2D eigenvalue weighted by Crippen LogP contribution is 2.15. The molecule has 4 N–H and O–H groups in total. The van der Waals surface area contributed by atoms with Crippen LogP contribution in [0.25, 0.3) is 0 Å². The molecular weight excluding hydrogens is 172 g/mol. The summed E-state index contributed by atoms with van der Waals surface area (Å²) in [6.07, 6.45) is 1.07. The molecule has 0 aliphatic carbocycles. The number of nitrogens with two attached hydrogens (primary N) is 2. The minimum absolute atomic E-state index is 0.440. The zero-order valence-electron chi connectivity index (χ0n) is 8.82. The lowest BCUT2D eigenvalue weighted by Crippen LogP contribution is -2.30. The van der Waals surface area contributed by atoms with Crippen molar-refractivity contribution < 1.29 is 0 Å². The van der Waals surface area contributed by atoms with Gasteiger partial charge in [0.2, 0.25) is 0 Å². The molecule has 2 nitrogen and oxygen atoms in total. The Balaban J connectivity index is 2.52. The van der Waals surface area contributed by atoms with Gasteiger partial charge in [-0.2, -0.15) is 0 Å². The van der Waals surface area contributed by atoms with Gasteiger partial charge in [0.15, 0.2) is 0 Å². The standard InChI is InChI=1S/C12H20N2/c1-10(12(8-13)9-14)7-11-5-3-2-4-6-11/h2-6,10,12H,7-9,13-14H2,1H3. The van der Waals surface area contributed by atoms with Crippen LogP contribution >= 0.6 is 0 Å². The van der Waals surface area contributed by atoms with Crippen LogP contribution in [0.2, 0.25) is 0 Å². The molecule has 0 fully saturated rings. The van der Waals surface area contributed by atoms with Gasteiger partial charge >= 0.3 is 0 Å². The summed E-state index contributed by atoms with van der Waals surface area (Å²) in [6.45, 7) is 3.59. The van der Waals surface area contributed by atoms with E-state index < -0.39 is 0 Å². The van der Waals surface area contributed by atoms with E-state index in [1.165, 1.54) is 5.56 Å². The molecule has 1 aromatic rings. The fourth-order valence-corrected chi connectivity index (χ4v) is 1.71. The van der Waals surface area contributed by atoms with Gasteiger partial charge in [0.25, 0.3) is 0 Å². The van der Waals surface area contributed by atoms with Crippen molar-refractivity contribution in [1.29, 1.82) is 0 Å². The Labute approximate surface area is 86.3 Å². The summed E-state index contributed by atoms with van der Waals surface area (Å²) < 4.78 is 0. The summed E-state index contributed by atoms with van der Waals surface area (Å²) in [7, 11) is 0. The van der Waals surface area contributed by atoms with Gasteiger partial charge in [0.1, 0.15) is 0 Å². The van der Waals surface area contributed by atoms with Crippen LogP contribution in [0.5, 0.6) is 0 Å². The van der Waals surface area contributed by atoms with E-state index in [0.717, 1.165) is 6.42 Å². The molecule has 0 amide bonds. The lowest BCUT2D eigenvalue weighted by molar-refractivity contribution is 0.372. The average Bonchev–Trinajstić information content (AvgIpc) is 2.21. The van der Waals surface area contributed by atoms with Gasteiger partial charge in [-0.15, -0.1) is 0 Å². The van der Waals surface area contributed by atoms with Crippen molar-refractivity contribution in [3.63, 3.8) is 0 Å². The van der Waals surface area contributed by atoms with Crippen molar-refractivity contribution in [2.45, 2.75) is 13.3 Å². The Kier molecular flexibility index (Phi) is 4.63. The predicted molar refractivity (Wildman–Crippen MR) is 60.9 cm³/mol. The summed E-state index contributed by atoms with van der Waals surface area (Å²) in [4.78, 5) is 0. The Morgan fingerprint density at radius 2 is 1.64 bits per heavy atom. The minimum atomic E-state index is 0.440. The molecule has 0 radical (unpaired) electrons. The maximum atomic E-state index is 5.66. The van der Waals surface area contributed by atoms with Crippen LogP contribution in [0.1, 0.15) is 12.5 Å². The first-order chi connectivity index (χ1) is 6.77. The van der Waals surface area contributed by atoms with Crippen LogP contribution in [0.15, 0.2) is 30.3 Å². The third-order valence-electron chi connectivity index (χ3n) is 2.81. The van der Waals surface area contributed by atoms with Gasteiger partial charge in [0.05, 0.1) is 0 Å². The van der Waals surface area contributed by atoms with Crippen LogP contribution in [0.4, 0.5) is 0 Å². The number of hydrogen-bond donors (Lipinski definition) is 2. The van der Waals surface area contributed by atoms with Crippen LogP contribution in [-0.2, 0) is 6.42 Å². The van der Waals surface area contributed by atoms with E-state index in [0.29, 0.717) is 24.9 Å². The van der Waals surface area contributed by atoms with E-state index >= 15 is 0 Å². The summed E-state index contributed by atoms with van der Waals surface area (Å²) in [5.41, 5.74) is 12.7. The topological polar surface area (TPSA) is 52.0 Å². The first kappa shape index (κ1) is 11.2. The van der Waals surface area contributed by atoms with E-state index in [4.69, 9.17) is 11.5 Å². The summed E-state index contributed by atoms with van der Waals surface area (Å²) >= 11 is 0. The van der Waals surface area contributed by atoms with Crippen molar-refractivity contribution in [3.8, 4) is 0 Å². The smallest absolute Gasteiger partial charge is 0.00341 e. The molecule has 78 valence electrons. The highest BCUT2D eigenvalue weighted by Gasteiger charge is 2.13. The molecule has 1 aromatic carbocycles.